The van der Waals surface area contributed by atoms with Crippen molar-refractivity contribution in [1.82, 2.24) is 5.32 Å². The third kappa shape index (κ3) is 4.73. The van der Waals surface area contributed by atoms with Gasteiger partial charge in [0.1, 0.15) is 12.4 Å². The lowest BCUT2D eigenvalue weighted by Gasteiger charge is -2.13. The molecule has 0 fully saturated rings. The average molecular weight is 362 g/mol. The molecule has 0 saturated heterocycles. The van der Waals surface area contributed by atoms with Gasteiger partial charge in [0.25, 0.3) is 5.91 Å². The van der Waals surface area contributed by atoms with Gasteiger partial charge in [0.05, 0.1) is 17.6 Å². The van der Waals surface area contributed by atoms with Gasteiger partial charge in [-0.1, -0.05) is 30.4 Å². The molecule has 27 heavy (non-hydrogen) atoms. The van der Waals surface area contributed by atoms with Crippen LogP contribution in [0.3, 0.4) is 0 Å². The molecule has 1 aliphatic carbocycles. The van der Waals surface area contributed by atoms with Crippen molar-refractivity contribution in [3.63, 3.8) is 0 Å². The minimum atomic E-state index is -0.886. The zero-order valence-electron chi connectivity index (χ0n) is 14.5. The van der Waals surface area contributed by atoms with Gasteiger partial charge in [0.2, 0.25) is 0 Å². The van der Waals surface area contributed by atoms with Crippen molar-refractivity contribution < 1.29 is 19.4 Å². The number of carboxylic acids is 1. The van der Waals surface area contributed by atoms with E-state index in [2.05, 4.69) is 11.4 Å². The molecular formula is C21H18N2O4. The summed E-state index contributed by atoms with van der Waals surface area (Å²) >= 11 is 0. The van der Waals surface area contributed by atoms with E-state index in [0.717, 1.165) is 5.56 Å². The molecule has 0 spiro atoms. The molecular weight excluding hydrogens is 344 g/mol. The highest BCUT2D eigenvalue weighted by Crippen LogP contribution is 2.19. The van der Waals surface area contributed by atoms with Gasteiger partial charge in [-0.2, -0.15) is 5.26 Å². The molecule has 1 aliphatic rings. The second-order valence-electron chi connectivity index (χ2n) is 6.27. The van der Waals surface area contributed by atoms with Gasteiger partial charge >= 0.3 is 5.97 Å². The van der Waals surface area contributed by atoms with Crippen LogP contribution in [0.2, 0.25) is 0 Å². The predicted octanol–water partition coefficient (Wildman–Crippen LogP) is 2.90. The molecule has 0 bridgehead atoms. The molecule has 3 rings (SSSR count). The maximum absolute atomic E-state index is 12.4. The monoisotopic (exact) mass is 362 g/mol. The molecule has 0 heterocycles. The third-order valence-electron chi connectivity index (χ3n) is 4.28. The van der Waals surface area contributed by atoms with E-state index in [9.17, 15) is 9.59 Å². The van der Waals surface area contributed by atoms with Crippen LogP contribution >= 0.6 is 0 Å². The van der Waals surface area contributed by atoms with Crippen LogP contribution in [0.5, 0.6) is 5.75 Å². The lowest BCUT2D eigenvalue weighted by atomic mass is 10.1. The number of hydrogen-bond acceptors (Lipinski definition) is 4. The van der Waals surface area contributed by atoms with Crippen LogP contribution in [-0.4, -0.2) is 23.0 Å². The van der Waals surface area contributed by atoms with Crippen LogP contribution in [0.4, 0.5) is 0 Å². The van der Waals surface area contributed by atoms with Crippen LogP contribution < -0.4 is 10.1 Å². The van der Waals surface area contributed by atoms with E-state index in [4.69, 9.17) is 15.1 Å². The van der Waals surface area contributed by atoms with Crippen molar-refractivity contribution in [2.45, 2.75) is 19.1 Å². The SMILES string of the molecule is N#Cc1cccc(OCc2cccc(C(=O)NC3C=CC(C(=O)O)C3)c2)c1. The Morgan fingerprint density at radius 2 is 2.00 bits per heavy atom. The second kappa shape index (κ2) is 8.19. The first kappa shape index (κ1) is 18.2. The molecule has 2 atom stereocenters. The summed E-state index contributed by atoms with van der Waals surface area (Å²) in [7, 11) is 0. The Labute approximate surface area is 156 Å². The van der Waals surface area contributed by atoms with Crippen molar-refractivity contribution in [2.75, 3.05) is 0 Å². The Kier molecular flexibility index (Phi) is 5.53. The zero-order chi connectivity index (χ0) is 19.2. The van der Waals surface area contributed by atoms with Gasteiger partial charge in [-0.15, -0.1) is 0 Å². The number of nitrogens with zero attached hydrogens (tertiary/aromatic N) is 1. The third-order valence-corrected chi connectivity index (χ3v) is 4.28. The number of carbonyl (C=O) groups is 2. The number of carboxylic acid groups (broad SMARTS) is 1. The van der Waals surface area contributed by atoms with E-state index in [-0.39, 0.29) is 18.6 Å². The van der Waals surface area contributed by atoms with Crippen LogP contribution in [-0.2, 0) is 11.4 Å². The highest BCUT2D eigenvalue weighted by Gasteiger charge is 2.25. The summed E-state index contributed by atoms with van der Waals surface area (Å²) in [5.74, 6) is -1.12. The maximum atomic E-state index is 12.4. The van der Waals surface area contributed by atoms with Gasteiger partial charge < -0.3 is 15.2 Å². The Hall–Kier alpha value is -3.59. The van der Waals surface area contributed by atoms with Gasteiger partial charge in [-0.3, -0.25) is 9.59 Å². The summed E-state index contributed by atoms with van der Waals surface area (Å²) in [5, 5.41) is 20.8. The summed E-state index contributed by atoms with van der Waals surface area (Å²) in [6, 6.07) is 15.7. The van der Waals surface area contributed by atoms with E-state index in [1.54, 1.807) is 54.6 Å². The van der Waals surface area contributed by atoms with E-state index < -0.39 is 11.9 Å². The molecule has 6 heteroatoms. The van der Waals surface area contributed by atoms with E-state index in [1.165, 1.54) is 0 Å². The number of hydrogen-bond donors (Lipinski definition) is 2. The molecule has 1 amide bonds. The standard InChI is InChI=1S/C21H18N2O4/c22-12-14-3-2-6-19(10-14)27-13-15-4-1-5-16(9-15)20(24)23-18-8-7-17(11-18)21(25)26/h1-10,17-18H,11,13H2,(H,23,24)(H,25,26). The largest absolute Gasteiger partial charge is 0.489 e. The second-order valence-corrected chi connectivity index (χ2v) is 6.27. The van der Waals surface area contributed by atoms with Gasteiger partial charge in [-0.25, -0.2) is 0 Å². The lowest BCUT2D eigenvalue weighted by Crippen LogP contribution is -2.33. The number of amides is 1. The van der Waals surface area contributed by atoms with Crippen LogP contribution in [0.1, 0.15) is 27.9 Å². The van der Waals surface area contributed by atoms with Crippen molar-refractivity contribution in [3.8, 4) is 11.8 Å². The number of aliphatic carboxylic acids is 1. The number of benzene rings is 2. The molecule has 136 valence electrons. The first-order valence-corrected chi connectivity index (χ1v) is 8.49. The molecule has 0 radical (unpaired) electrons. The first-order valence-electron chi connectivity index (χ1n) is 8.49. The minimum Gasteiger partial charge on any atom is -0.489 e. The average Bonchev–Trinajstić information content (AvgIpc) is 3.15. The van der Waals surface area contributed by atoms with E-state index in [1.807, 2.05) is 6.07 Å². The highest BCUT2D eigenvalue weighted by atomic mass is 16.5. The molecule has 2 aromatic rings. The molecule has 2 aromatic carbocycles. The normalized spacial score (nSPS) is 17.9. The highest BCUT2D eigenvalue weighted by molar-refractivity contribution is 5.94. The van der Waals surface area contributed by atoms with E-state index >= 15 is 0 Å². The van der Waals surface area contributed by atoms with Crippen molar-refractivity contribution >= 4 is 11.9 Å². The summed E-state index contributed by atoms with van der Waals surface area (Å²) in [6.45, 7) is 0.264. The summed E-state index contributed by atoms with van der Waals surface area (Å²) < 4.78 is 5.68. The van der Waals surface area contributed by atoms with Gasteiger partial charge in [0.15, 0.2) is 0 Å². The topological polar surface area (TPSA) is 99.4 Å². The number of nitriles is 1. The molecule has 6 nitrogen and oxygen atoms in total. The number of carbonyl (C=O) groups excluding carboxylic acids is 1. The van der Waals surface area contributed by atoms with Crippen LogP contribution in [0.25, 0.3) is 0 Å². The summed E-state index contributed by atoms with van der Waals surface area (Å²) in [5.41, 5.74) is 1.81. The number of ether oxygens (including phenoxy) is 1. The Balaban J connectivity index is 1.60. The zero-order valence-corrected chi connectivity index (χ0v) is 14.5. The molecule has 0 aromatic heterocycles. The fraction of sp³-hybridized carbons (Fsp3) is 0.190. The maximum Gasteiger partial charge on any atom is 0.310 e. The predicted molar refractivity (Wildman–Crippen MR) is 98.1 cm³/mol. The van der Waals surface area contributed by atoms with Gasteiger partial charge in [-0.05, 0) is 42.3 Å². The number of nitrogens with one attached hydrogen (secondary N) is 1. The van der Waals surface area contributed by atoms with Gasteiger partial charge in [0, 0.05) is 11.6 Å². The quantitative estimate of drug-likeness (QED) is 0.770. The first-order chi connectivity index (χ1) is 13.0. The van der Waals surface area contributed by atoms with Crippen molar-refractivity contribution in [2.24, 2.45) is 5.92 Å². The Bertz CT molecular complexity index is 930. The van der Waals surface area contributed by atoms with Crippen molar-refractivity contribution in [1.29, 1.82) is 5.26 Å². The Morgan fingerprint density at radius 3 is 2.74 bits per heavy atom. The lowest BCUT2D eigenvalue weighted by molar-refractivity contribution is -0.140. The summed E-state index contributed by atoms with van der Waals surface area (Å²) in [4.78, 5) is 23.4. The molecule has 0 aliphatic heterocycles. The van der Waals surface area contributed by atoms with Crippen LogP contribution in [0.15, 0.2) is 60.7 Å². The molecule has 0 saturated carbocycles. The molecule has 2 unspecified atom stereocenters. The molecule has 2 N–H and O–H groups in total. The van der Waals surface area contributed by atoms with Crippen LogP contribution in [0, 0.1) is 17.2 Å². The smallest absolute Gasteiger partial charge is 0.310 e. The fourth-order valence-electron chi connectivity index (χ4n) is 2.87. The minimum absolute atomic E-state index is 0.260. The van der Waals surface area contributed by atoms with Crippen molar-refractivity contribution in [3.05, 3.63) is 77.4 Å². The Morgan fingerprint density at radius 1 is 1.19 bits per heavy atom. The van der Waals surface area contributed by atoms with E-state index in [0.29, 0.717) is 23.3 Å². The number of rotatable bonds is 6. The summed E-state index contributed by atoms with van der Waals surface area (Å²) in [6.07, 6.45) is 3.68. The fourth-order valence-corrected chi connectivity index (χ4v) is 2.87.